The summed E-state index contributed by atoms with van der Waals surface area (Å²) < 4.78 is 0. The molecular weight excluding hydrogens is 220 g/mol. The molecule has 0 rings (SSSR count). The molecule has 108 valence electrons. The molecule has 0 saturated heterocycles. The minimum absolute atomic E-state index is 0.888. The van der Waals surface area contributed by atoms with E-state index in [0.717, 1.165) is 12.3 Å². The van der Waals surface area contributed by atoms with Crippen LogP contribution in [-0.4, -0.2) is 5.11 Å². The van der Waals surface area contributed by atoms with Crippen LogP contribution in [0.25, 0.3) is 0 Å². The average molecular weight is 254 g/mol. The van der Waals surface area contributed by atoms with Crippen molar-refractivity contribution in [3.05, 3.63) is 12.3 Å². The summed E-state index contributed by atoms with van der Waals surface area (Å²) in [6.07, 6.45) is 19.3. The zero-order valence-corrected chi connectivity index (χ0v) is 12.7. The maximum atomic E-state index is 8.51. The second kappa shape index (κ2) is 14.6. The van der Waals surface area contributed by atoms with Gasteiger partial charge in [0.2, 0.25) is 0 Å². The van der Waals surface area contributed by atoms with E-state index < -0.39 is 0 Å². The van der Waals surface area contributed by atoms with Gasteiger partial charge < -0.3 is 5.11 Å². The van der Waals surface area contributed by atoms with Gasteiger partial charge in [-0.25, -0.2) is 0 Å². The van der Waals surface area contributed by atoms with Crippen molar-refractivity contribution in [3.63, 3.8) is 0 Å². The van der Waals surface area contributed by atoms with Crippen LogP contribution in [0.1, 0.15) is 90.9 Å². The molecule has 1 heteroatoms. The molecule has 1 unspecified atom stereocenters. The summed E-state index contributed by atoms with van der Waals surface area (Å²) in [6.45, 7) is 4.66. The highest BCUT2D eigenvalue weighted by atomic mass is 16.2. The van der Waals surface area contributed by atoms with Crippen molar-refractivity contribution in [2.45, 2.75) is 90.9 Å². The van der Waals surface area contributed by atoms with Gasteiger partial charge in [0.1, 0.15) is 0 Å². The number of aliphatic hydroxyl groups is 1. The molecule has 0 spiro atoms. The highest BCUT2D eigenvalue weighted by Crippen LogP contribution is 2.17. The second-order valence-electron chi connectivity index (χ2n) is 5.68. The van der Waals surface area contributed by atoms with Crippen molar-refractivity contribution in [2.24, 2.45) is 5.92 Å². The lowest BCUT2D eigenvalue weighted by molar-refractivity contribution is 0.436. The third-order valence-electron chi connectivity index (χ3n) is 3.72. The van der Waals surface area contributed by atoms with E-state index >= 15 is 0 Å². The number of allylic oxidation sites excluding steroid dienone is 1. The van der Waals surface area contributed by atoms with Crippen LogP contribution in [-0.2, 0) is 0 Å². The van der Waals surface area contributed by atoms with Crippen LogP contribution >= 0.6 is 0 Å². The maximum absolute atomic E-state index is 8.51. The molecular formula is C17H34O. The standard InChI is InChI=1S/C17H34O/c1-3-4-5-6-7-8-11-14-17(2)15-12-9-10-13-16-18/h13,16-18H,3-12,14-15H2,1-2H3/b16-13+. The van der Waals surface area contributed by atoms with Crippen LogP contribution in [0.5, 0.6) is 0 Å². The predicted molar refractivity (Wildman–Crippen MR) is 82.0 cm³/mol. The van der Waals surface area contributed by atoms with Crippen molar-refractivity contribution in [3.8, 4) is 0 Å². The Balaban J connectivity index is 3.14. The van der Waals surface area contributed by atoms with Crippen LogP contribution in [0.2, 0.25) is 0 Å². The molecule has 1 nitrogen and oxygen atoms in total. The van der Waals surface area contributed by atoms with Gasteiger partial charge in [-0.15, -0.1) is 0 Å². The molecule has 0 heterocycles. The molecule has 1 atom stereocenters. The van der Waals surface area contributed by atoms with Gasteiger partial charge >= 0.3 is 0 Å². The Labute approximate surface area is 115 Å². The van der Waals surface area contributed by atoms with Gasteiger partial charge in [-0.2, -0.15) is 0 Å². The summed E-state index contributed by atoms with van der Waals surface area (Å²) in [5.74, 6) is 0.888. The van der Waals surface area contributed by atoms with E-state index in [-0.39, 0.29) is 0 Å². The number of hydrogen-bond donors (Lipinski definition) is 1. The minimum Gasteiger partial charge on any atom is -0.516 e. The Morgan fingerprint density at radius 1 is 0.833 bits per heavy atom. The zero-order valence-electron chi connectivity index (χ0n) is 12.7. The average Bonchev–Trinajstić information content (AvgIpc) is 2.37. The molecule has 18 heavy (non-hydrogen) atoms. The van der Waals surface area contributed by atoms with Crippen LogP contribution in [0, 0.1) is 5.92 Å². The summed E-state index contributed by atoms with van der Waals surface area (Å²) in [4.78, 5) is 0. The molecule has 0 fully saturated rings. The van der Waals surface area contributed by atoms with E-state index in [1.807, 2.05) is 6.08 Å². The van der Waals surface area contributed by atoms with Crippen molar-refractivity contribution in [1.29, 1.82) is 0 Å². The van der Waals surface area contributed by atoms with Gasteiger partial charge in [0.25, 0.3) is 0 Å². The van der Waals surface area contributed by atoms with Crippen molar-refractivity contribution < 1.29 is 5.11 Å². The molecule has 0 radical (unpaired) electrons. The largest absolute Gasteiger partial charge is 0.516 e. The molecule has 0 bridgehead atoms. The molecule has 0 aliphatic carbocycles. The SMILES string of the molecule is CCCCCCCCCC(C)CCCC/C=C/O. The minimum atomic E-state index is 0.888. The van der Waals surface area contributed by atoms with Crippen molar-refractivity contribution in [2.75, 3.05) is 0 Å². The van der Waals surface area contributed by atoms with Crippen LogP contribution < -0.4 is 0 Å². The summed E-state index contributed by atoms with van der Waals surface area (Å²) >= 11 is 0. The fourth-order valence-corrected chi connectivity index (χ4v) is 2.42. The number of aliphatic hydroxyl groups excluding tert-OH is 1. The lowest BCUT2D eigenvalue weighted by Gasteiger charge is -2.10. The first-order valence-electron chi connectivity index (χ1n) is 8.10. The van der Waals surface area contributed by atoms with E-state index in [1.54, 1.807) is 0 Å². The van der Waals surface area contributed by atoms with Crippen molar-refractivity contribution >= 4 is 0 Å². The fraction of sp³-hybridized carbons (Fsp3) is 0.882. The highest BCUT2D eigenvalue weighted by Gasteiger charge is 2.01. The van der Waals surface area contributed by atoms with Gasteiger partial charge in [-0.3, -0.25) is 0 Å². The molecule has 1 N–H and O–H groups in total. The Kier molecular flexibility index (Phi) is 14.2. The second-order valence-corrected chi connectivity index (χ2v) is 5.68. The van der Waals surface area contributed by atoms with Gasteiger partial charge in [0.05, 0.1) is 6.26 Å². The van der Waals surface area contributed by atoms with E-state index in [9.17, 15) is 0 Å². The smallest absolute Gasteiger partial charge is 0.0751 e. The van der Waals surface area contributed by atoms with Crippen LogP contribution in [0.4, 0.5) is 0 Å². The van der Waals surface area contributed by atoms with Gasteiger partial charge in [-0.05, 0) is 18.8 Å². The first-order chi connectivity index (χ1) is 8.81. The monoisotopic (exact) mass is 254 g/mol. The Morgan fingerprint density at radius 3 is 2.00 bits per heavy atom. The predicted octanol–water partition coefficient (Wildman–Crippen LogP) is 6.40. The third kappa shape index (κ3) is 13.6. The molecule has 0 aromatic rings. The number of rotatable bonds is 13. The Bertz CT molecular complexity index is 174. The van der Waals surface area contributed by atoms with Gasteiger partial charge in [-0.1, -0.05) is 84.1 Å². The van der Waals surface area contributed by atoms with Crippen LogP contribution in [0.15, 0.2) is 12.3 Å². The quantitative estimate of drug-likeness (QED) is 0.298. The lowest BCUT2D eigenvalue weighted by atomic mass is 9.96. The topological polar surface area (TPSA) is 20.2 Å². The highest BCUT2D eigenvalue weighted by molar-refractivity contribution is 4.71. The van der Waals surface area contributed by atoms with E-state index in [4.69, 9.17) is 5.11 Å². The first kappa shape index (κ1) is 17.5. The third-order valence-corrected chi connectivity index (χ3v) is 3.72. The lowest BCUT2D eigenvalue weighted by Crippen LogP contribution is -1.95. The van der Waals surface area contributed by atoms with Crippen molar-refractivity contribution in [1.82, 2.24) is 0 Å². The summed E-state index contributed by atoms with van der Waals surface area (Å²) in [7, 11) is 0. The molecule has 0 aromatic heterocycles. The zero-order chi connectivity index (χ0) is 13.5. The normalized spacial score (nSPS) is 13.2. The summed E-state index contributed by atoms with van der Waals surface area (Å²) in [5.41, 5.74) is 0. The Hall–Kier alpha value is -0.460. The molecule has 0 aromatic carbocycles. The van der Waals surface area contributed by atoms with E-state index in [0.29, 0.717) is 0 Å². The molecule has 0 saturated carbocycles. The molecule has 0 aliphatic rings. The van der Waals surface area contributed by atoms with E-state index in [2.05, 4.69) is 13.8 Å². The molecule has 0 aliphatic heterocycles. The maximum Gasteiger partial charge on any atom is 0.0751 e. The first-order valence-corrected chi connectivity index (χ1v) is 8.10. The fourth-order valence-electron chi connectivity index (χ4n) is 2.42. The van der Waals surface area contributed by atoms with Gasteiger partial charge in [0.15, 0.2) is 0 Å². The Morgan fingerprint density at radius 2 is 1.39 bits per heavy atom. The van der Waals surface area contributed by atoms with Crippen LogP contribution in [0.3, 0.4) is 0 Å². The van der Waals surface area contributed by atoms with E-state index in [1.165, 1.54) is 76.9 Å². The molecule has 0 amide bonds. The number of unbranched alkanes of at least 4 members (excludes halogenated alkanes) is 8. The van der Waals surface area contributed by atoms with Gasteiger partial charge in [0, 0.05) is 0 Å². The summed E-state index contributed by atoms with van der Waals surface area (Å²) in [6, 6.07) is 0. The summed E-state index contributed by atoms with van der Waals surface area (Å²) in [5, 5.41) is 8.51. The number of hydrogen-bond acceptors (Lipinski definition) is 1.